The molecule has 3 heterocycles. The highest BCUT2D eigenvalue weighted by atomic mass is 32.1. The Morgan fingerprint density at radius 3 is 2.92 bits per heavy atom. The van der Waals surface area contributed by atoms with Gasteiger partial charge >= 0.3 is 12.1 Å². The van der Waals surface area contributed by atoms with Gasteiger partial charge in [0.2, 0.25) is 0 Å². The molecule has 0 atom stereocenters. The predicted octanol–water partition coefficient (Wildman–Crippen LogP) is 3.25. The van der Waals surface area contributed by atoms with Crippen LogP contribution in [0.25, 0.3) is 21.7 Å². The number of rotatable bonds is 2. The van der Waals surface area contributed by atoms with E-state index in [1.54, 1.807) is 0 Å². The van der Waals surface area contributed by atoms with Crippen LogP contribution in [0.3, 0.4) is 0 Å². The quantitative estimate of drug-likeness (QED) is 0.671. The van der Waals surface area contributed by atoms with Crippen LogP contribution in [0.15, 0.2) is 18.2 Å². The fraction of sp³-hybridized carbons (Fsp3) is 0.235. The molecule has 7 nitrogen and oxygen atoms in total. The number of hydrogen-bond donors (Lipinski definition) is 2. The van der Waals surface area contributed by atoms with E-state index in [2.05, 4.69) is 9.97 Å². The molecule has 0 aliphatic carbocycles. The molecule has 1 aliphatic rings. The van der Waals surface area contributed by atoms with E-state index < -0.39 is 17.9 Å². The number of amides is 1. The van der Waals surface area contributed by atoms with Gasteiger partial charge < -0.3 is 19.7 Å². The third-order valence-electron chi connectivity index (χ3n) is 4.33. The van der Waals surface area contributed by atoms with Gasteiger partial charge in [0.15, 0.2) is 0 Å². The number of nitrogens with one attached hydrogen (secondary N) is 1. The highest BCUT2D eigenvalue weighted by Crippen LogP contribution is 2.35. The Labute approximate surface area is 151 Å². The zero-order valence-corrected chi connectivity index (χ0v) is 14.5. The summed E-state index contributed by atoms with van der Waals surface area (Å²) in [5.41, 5.74) is 1.74. The molecule has 1 aromatic carbocycles. The van der Waals surface area contributed by atoms with Crippen molar-refractivity contribution in [1.29, 1.82) is 0 Å². The van der Waals surface area contributed by atoms with Crippen LogP contribution in [0.1, 0.15) is 20.8 Å². The maximum absolute atomic E-state index is 13.8. The van der Waals surface area contributed by atoms with E-state index in [0.29, 0.717) is 36.4 Å². The van der Waals surface area contributed by atoms with Gasteiger partial charge in [-0.1, -0.05) is 0 Å². The van der Waals surface area contributed by atoms with Crippen molar-refractivity contribution in [3.8, 4) is 10.7 Å². The molecule has 9 heteroatoms. The van der Waals surface area contributed by atoms with Crippen LogP contribution < -0.4 is 0 Å². The van der Waals surface area contributed by atoms with E-state index >= 15 is 0 Å². The van der Waals surface area contributed by atoms with E-state index in [0.717, 1.165) is 21.4 Å². The molecule has 2 aromatic heterocycles. The van der Waals surface area contributed by atoms with Crippen molar-refractivity contribution in [1.82, 2.24) is 14.9 Å². The summed E-state index contributed by atoms with van der Waals surface area (Å²) in [5, 5.41) is 9.15. The minimum absolute atomic E-state index is 0.0587. The lowest BCUT2D eigenvalue weighted by molar-refractivity contribution is 0.0602. The average molecular weight is 375 g/mol. The van der Waals surface area contributed by atoms with Crippen LogP contribution in [0.2, 0.25) is 0 Å². The van der Waals surface area contributed by atoms with Gasteiger partial charge in [0.25, 0.3) is 0 Å². The van der Waals surface area contributed by atoms with Crippen LogP contribution in [-0.2, 0) is 17.7 Å². The first kappa shape index (κ1) is 16.5. The van der Waals surface area contributed by atoms with Gasteiger partial charge in [-0.25, -0.2) is 19.0 Å². The molecule has 2 N–H and O–H groups in total. The predicted molar refractivity (Wildman–Crippen MR) is 92.8 cm³/mol. The summed E-state index contributed by atoms with van der Waals surface area (Å²) >= 11 is 1.52. The number of halogens is 1. The lowest BCUT2D eigenvalue weighted by atomic mass is 10.1. The summed E-state index contributed by atoms with van der Waals surface area (Å²) in [5.74, 6) is -0.706. The number of H-pyrrole nitrogens is 1. The molecule has 3 aromatic rings. The number of aromatic amines is 1. The van der Waals surface area contributed by atoms with Gasteiger partial charge in [0.05, 0.1) is 29.6 Å². The number of carbonyl (C=O) groups excluding carboxylic acids is 1. The summed E-state index contributed by atoms with van der Waals surface area (Å²) in [7, 11) is 1.23. The van der Waals surface area contributed by atoms with E-state index in [1.165, 1.54) is 29.4 Å². The standard InChI is InChI=1S/C17H14FN3O4S/c1-25-16(22)10-5-9(18)6-11-14(10)20-15(19-11)13-4-8-7-21(17(23)24)3-2-12(8)26-13/h4-6H,2-3,7H2,1H3,(H,19,20)(H,23,24). The largest absolute Gasteiger partial charge is 0.465 e. The van der Waals surface area contributed by atoms with E-state index in [-0.39, 0.29) is 5.56 Å². The highest BCUT2D eigenvalue weighted by molar-refractivity contribution is 7.15. The summed E-state index contributed by atoms with van der Waals surface area (Å²) in [6.07, 6.45) is -0.292. The second-order valence-electron chi connectivity index (χ2n) is 5.94. The van der Waals surface area contributed by atoms with Gasteiger partial charge in [0.1, 0.15) is 17.2 Å². The highest BCUT2D eigenvalue weighted by Gasteiger charge is 2.24. The Bertz CT molecular complexity index is 1040. The molecule has 0 saturated heterocycles. The molecule has 0 saturated carbocycles. The van der Waals surface area contributed by atoms with Gasteiger partial charge in [0, 0.05) is 11.4 Å². The number of methoxy groups -OCH3 is 1. The number of ether oxygens (including phenoxy) is 1. The van der Waals surface area contributed by atoms with E-state index in [4.69, 9.17) is 9.84 Å². The van der Waals surface area contributed by atoms with Crippen molar-refractivity contribution < 1.29 is 23.8 Å². The van der Waals surface area contributed by atoms with E-state index in [9.17, 15) is 14.0 Å². The fourth-order valence-electron chi connectivity index (χ4n) is 3.08. The molecule has 1 aliphatic heterocycles. The van der Waals surface area contributed by atoms with Crippen molar-refractivity contribution in [2.24, 2.45) is 0 Å². The van der Waals surface area contributed by atoms with Crippen molar-refractivity contribution in [3.05, 3.63) is 40.0 Å². The summed E-state index contributed by atoms with van der Waals surface area (Å²) < 4.78 is 18.5. The third kappa shape index (κ3) is 2.70. The molecule has 0 unspecified atom stereocenters. The molecular formula is C17H14FN3O4S. The number of esters is 1. The lowest BCUT2D eigenvalue weighted by Gasteiger charge is -2.23. The molecule has 0 radical (unpaired) electrons. The zero-order chi connectivity index (χ0) is 18.4. The smallest absolute Gasteiger partial charge is 0.407 e. The topological polar surface area (TPSA) is 95.5 Å². The molecule has 1 amide bonds. The molecule has 0 bridgehead atoms. The van der Waals surface area contributed by atoms with Crippen molar-refractivity contribution in [3.63, 3.8) is 0 Å². The van der Waals surface area contributed by atoms with Crippen molar-refractivity contribution in [2.45, 2.75) is 13.0 Å². The zero-order valence-electron chi connectivity index (χ0n) is 13.7. The summed E-state index contributed by atoms with van der Waals surface area (Å²) in [6.45, 7) is 0.795. The first-order valence-corrected chi connectivity index (χ1v) is 8.65. The molecule has 26 heavy (non-hydrogen) atoms. The second kappa shape index (κ2) is 6.10. The molecular weight excluding hydrogens is 361 g/mol. The number of benzene rings is 1. The van der Waals surface area contributed by atoms with Crippen LogP contribution >= 0.6 is 11.3 Å². The van der Waals surface area contributed by atoms with E-state index in [1.807, 2.05) is 6.07 Å². The summed E-state index contributed by atoms with van der Waals surface area (Å²) in [6, 6.07) is 4.27. The number of carboxylic acid groups (broad SMARTS) is 1. The SMILES string of the molecule is COC(=O)c1cc(F)cc2[nH]c(-c3cc4c(s3)CCN(C(=O)O)C4)nc12. The number of aromatic nitrogens is 2. The lowest BCUT2D eigenvalue weighted by Crippen LogP contribution is -2.33. The summed E-state index contributed by atoms with van der Waals surface area (Å²) in [4.78, 5) is 33.8. The normalized spacial score (nSPS) is 13.7. The Hall–Kier alpha value is -2.94. The number of thiophene rings is 1. The second-order valence-corrected chi connectivity index (χ2v) is 7.08. The number of imidazole rings is 1. The first-order valence-electron chi connectivity index (χ1n) is 7.83. The average Bonchev–Trinajstić information content (AvgIpc) is 3.22. The molecule has 0 spiro atoms. The Morgan fingerprint density at radius 2 is 2.19 bits per heavy atom. The van der Waals surface area contributed by atoms with Crippen LogP contribution in [-0.4, -0.2) is 45.7 Å². The van der Waals surface area contributed by atoms with Gasteiger partial charge in [-0.15, -0.1) is 11.3 Å². The Morgan fingerprint density at radius 1 is 1.38 bits per heavy atom. The number of carbonyl (C=O) groups is 2. The Kier molecular flexibility index (Phi) is 3.87. The minimum atomic E-state index is -0.940. The van der Waals surface area contributed by atoms with Gasteiger partial charge in [-0.05, 0) is 30.2 Å². The van der Waals surface area contributed by atoms with Crippen molar-refractivity contribution in [2.75, 3.05) is 13.7 Å². The number of nitrogens with zero attached hydrogens (tertiary/aromatic N) is 2. The third-order valence-corrected chi connectivity index (χ3v) is 5.57. The monoisotopic (exact) mass is 375 g/mol. The number of fused-ring (bicyclic) bond motifs is 2. The maximum atomic E-state index is 13.8. The minimum Gasteiger partial charge on any atom is -0.465 e. The van der Waals surface area contributed by atoms with Crippen molar-refractivity contribution >= 4 is 34.4 Å². The Balaban J connectivity index is 1.77. The molecule has 134 valence electrons. The van der Waals surface area contributed by atoms with Crippen LogP contribution in [0.5, 0.6) is 0 Å². The van der Waals surface area contributed by atoms with Crippen LogP contribution in [0, 0.1) is 5.82 Å². The number of hydrogen-bond acceptors (Lipinski definition) is 5. The molecule has 4 rings (SSSR count). The van der Waals surface area contributed by atoms with Crippen LogP contribution in [0.4, 0.5) is 9.18 Å². The first-order chi connectivity index (χ1) is 12.5. The van der Waals surface area contributed by atoms with Gasteiger partial charge in [-0.3, -0.25) is 0 Å². The molecule has 0 fully saturated rings. The fourth-order valence-corrected chi connectivity index (χ4v) is 4.19. The van der Waals surface area contributed by atoms with Gasteiger partial charge in [-0.2, -0.15) is 0 Å². The maximum Gasteiger partial charge on any atom is 0.407 e.